The van der Waals surface area contributed by atoms with Gasteiger partial charge in [-0.15, -0.1) is 0 Å². The van der Waals surface area contributed by atoms with Crippen molar-refractivity contribution in [2.45, 2.75) is 58.2 Å². The summed E-state index contributed by atoms with van der Waals surface area (Å²) in [5, 5.41) is 7.89. The molecular weight excluding hydrogens is 242 g/mol. The fourth-order valence-corrected chi connectivity index (χ4v) is 2.18. The molecule has 1 aromatic heterocycles. The van der Waals surface area contributed by atoms with Gasteiger partial charge in [0, 0.05) is 11.7 Å². The van der Waals surface area contributed by atoms with Crippen LogP contribution in [0, 0.1) is 0 Å². The molecule has 1 saturated carbocycles. The normalized spacial score (nSPS) is 16.4. The van der Waals surface area contributed by atoms with Gasteiger partial charge in [-0.25, -0.2) is 0 Å². The van der Waals surface area contributed by atoms with Gasteiger partial charge in [-0.1, -0.05) is 13.8 Å². The second kappa shape index (κ2) is 6.19. The second-order valence-corrected chi connectivity index (χ2v) is 5.03. The fraction of sp³-hybridized carbons (Fsp3) is 0.714. The maximum atomic E-state index is 11.8. The zero-order valence-corrected chi connectivity index (χ0v) is 12.0. The standard InChI is InChI=1S/C14H23N3O2/c1-4-10-8-12(5-2)17(16-10)9-13(14(18)19-3)15-11-6-7-11/h8,11,13,15H,4-7,9H2,1-3H3. The second-order valence-electron chi connectivity index (χ2n) is 5.03. The SMILES string of the molecule is CCc1cc(CC)n(CC(NC2CC2)C(=O)OC)n1. The van der Waals surface area contributed by atoms with Gasteiger partial charge in [-0.2, -0.15) is 5.10 Å². The van der Waals surface area contributed by atoms with Gasteiger partial charge in [0.25, 0.3) is 0 Å². The van der Waals surface area contributed by atoms with Gasteiger partial charge in [0.2, 0.25) is 0 Å². The van der Waals surface area contributed by atoms with Crippen molar-refractivity contribution in [1.82, 2.24) is 15.1 Å². The van der Waals surface area contributed by atoms with Gasteiger partial charge in [0.05, 0.1) is 19.3 Å². The molecule has 5 nitrogen and oxygen atoms in total. The summed E-state index contributed by atoms with van der Waals surface area (Å²) < 4.78 is 6.82. The number of carbonyl (C=O) groups excluding carboxylic acids is 1. The lowest BCUT2D eigenvalue weighted by Gasteiger charge is -2.17. The first kappa shape index (κ1) is 14.1. The molecule has 1 N–H and O–H groups in total. The maximum Gasteiger partial charge on any atom is 0.324 e. The number of carbonyl (C=O) groups is 1. The number of aryl methyl sites for hydroxylation is 2. The van der Waals surface area contributed by atoms with E-state index in [0.29, 0.717) is 12.6 Å². The first-order valence-corrected chi connectivity index (χ1v) is 7.07. The molecule has 1 unspecified atom stereocenters. The summed E-state index contributed by atoms with van der Waals surface area (Å²) in [5.74, 6) is -0.206. The molecule has 1 aromatic rings. The van der Waals surface area contributed by atoms with Crippen molar-refractivity contribution in [1.29, 1.82) is 0 Å². The summed E-state index contributed by atoms with van der Waals surface area (Å²) in [6, 6.07) is 2.29. The molecule has 0 saturated heterocycles. The molecule has 0 amide bonds. The van der Waals surface area contributed by atoms with Crippen molar-refractivity contribution >= 4 is 5.97 Å². The molecule has 0 radical (unpaired) electrons. The summed E-state index contributed by atoms with van der Waals surface area (Å²) in [5.41, 5.74) is 2.25. The van der Waals surface area contributed by atoms with Crippen LogP contribution in [-0.2, 0) is 28.9 Å². The Kier molecular flexibility index (Phi) is 4.58. The highest BCUT2D eigenvalue weighted by Crippen LogP contribution is 2.20. The van der Waals surface area contributed by atoms with E-state index in [1.165, 1.54) is 12.8 Å². The van der Waals surface area contributed by atoms with Crippen molar-refractivity contribution < 1.29 is 9.53 Å². The Morgan fingerprint density at radius 2 is 2.26 bits per heavy atom. The summed E-state index contributed by atoms with van der Waals surface area (Å²) in [4.78, 5) is 11.8. The Labute approximate surface area is 114 Å². The van der Waals surface area contributed by atoms with E-state index in [4.69, 9.17) is 4.74 Å². The molecular formula is C14H23N3O2. The van der Waals surface area contributed by atoms with Crippen LogP contribution in [0.3, 0.4) is 0 Å². The van der Waals surface area contributed by atoms with E-state index in [0.717, 1.165) is 31.4 Å². The minimum atomic E-state index is -0.299. The number of hydrogen-bond acceptors (Lipinski definition) is 4. The van der Waals surface area contributed by atoms with Gasteiger partial charge in [-0.3, -0.25) is 9.48 Å². The summed E-state index contributed by atoms with van der Waals surface area (Å²) in [6.45, 7) is 4.74. The largest absolute Gasteiger partial charge is 0.468 e. The van der Waals surface area contributed by atoms with E-state index in [-0.39, 0.29) is 12.0 Å². The maximum absolute atomic E-state index is 11.8. The average molecular weight is 265 g/mol. The molecule has 0 bridgehead atoms. The molecule has 1 aliphatic carbocycles. The fourth-order valence-electron chi connectivity index (χ4n) is 2.18. The van der Waals surface area contributed by atoms with Crippen LogP contribution in [0.25, 0.3) is 0 Å². The molecule has 0 spiro atoms. The lowest BCUT2D eigenvalue weighted by Crippen LogP contribution is -2.42. The number of ether oxygens (including phenoxy) is 1. The third-order valence-electron chi connectivity index (χ3n) is 3.49. The van der Waals surface area contributed by atoms with E-state index in [2.05, 4.69) is 30.3 Å². The highest BCUT2D eigenvalue weighted by molar-refractivity contribution is 5.75. The quantitative estimate of drug-likeness (QED) is 0.755. The summed E-state index contributed by atoms with van der Waals surface area (Å²) in [7, 11) is 1.44. The average Bonchev–Trinajstić information content (AvgIpc) is 3.15. The molecule has 5 heteroatoms. The van der Waals surface area contributed by atoms with Gasteiger partial charge < -0.3 is 10.1 Å². The number of nitrogens with one attached hydrogen (secondary N) is 1. The summed E-state index contributed by atoms with van der Waals surface area (Å²) in [6.07, 6.45) is 4.13. The third kappa shape index (κ3) is 3.56. The number of esters is 1. The Morgan fingerprint density at radius 3 is 2.79 bits per heavy atom. The van der Waals surface area contributed by atoms with Crippen LogP contribution < -0.4 is 5.32 Å². The van der Waals surface area contributed by atoms with Crippen LogP contribution in [-0.4, -0.2) is 34.9 Å². The van der Waals surface area contributed by atoms with Crippen molar-refractivity contribution in [2.75, 3.05) is 7.11 Å². The van der Waals surface area contributed by atoms with E-state index >= 15 is 0 Å². The van der Waals surface area contributed by atoms with E-state index in [9.17, 15) is 4.79 Å². The van der Waals surface area contributed by atoms with Crippen LogP contribution in [0.5, 0.6) is 0 Å². The van der Waals surface area contributed by atoms with Crippen molar-refractivity contribution in [3.63, 3.8) is 0 Å². The molecule has 1 aliphatic rings. The van der Waals surface area contributed by atoms with E-state index in [1.807, 2.05) is 4.68 Å². The molecule has 0 aliphatic heterocycles. The Hall–Kier alpha value is -1.36. The Balaban J connectivity index is 2.10. The van der Waals surface area contributed by atoms with Crippen molar-refractivity contribution in [2.24, 2.45) is 0 Å². The smallest absolute Gasteiger partial charge is 0.324 e. The third-order valence-corrected chi connectivity index (χ3v) is 3.49. The van der Waals surface area contributed by atoms with E-state index < -0.39 is 0 Å². The molecule has 1 heterocycles. The highest BCUT2D eigenvalue weighted by Gasteiger charge is 2.29. The van der Waals surface area contributed by atoms with Crippen molar-refractivity contribution in [3.05, 3.63) is 17.5 Å². The first-order valence-electron chi connectivity index (χ1n) is 7.07. The topological polar surface area (TPSA) is 56.2 Å². The zero-order chi connectivity index (χ0) is 13.8. The van der Waals surface area contributed by atoms with Gasteiger partial charge in [-0.05, 0) is 31.7 Å². The number of rotatable bonds is 7. The monoisotopic (exact) mass is 265 g/mol. The molecule has 1 atom stereocenters. The Morgan fingerprint density at radius 1 is 1.53 bits per heavy atom. The predicted molar refractivity (Wildman–Crippen MR) is 72.9 cm³/mol. The number of aromatic nitrogens is 2. The van der Waals surface area contributed by atoms with Crippen LogP contribution in [0.1, 0.15) is 38.1 Å². The zero-order valence-electron chi connectivity index (χ0n) is 12.0. The van der Waals surface area contributed by atoms with Gasteiger partial charge in [0.15, 0.2) is 0 Å². The van der Waals surface area contributed by atoms with Crippen LogP contribution in [0.2, 0.25) is 0 Å². The summed E-state index contributed by atoms with van der Waals surface area (Å²) >= 11 is 0. The van der Waals surface area contributed by atoms with Gasteiger partial charge >= 0.3 is 5.97 Å². The predicted octanol–water partition coefficient (Wildman–Crippen LogP) is 1.30. The number of hydrogen-bond donors (Lipinski definition) is 1. The van der Waals surface area contributed by atoms with Crippen LogP contribution in [0.15, 0.2) is 6.07 Å². The molecule has 106 valence electrons. The Bertz CT molecular complexity index is 438. The van der Waals surface area contributed by atoms with Crippen molar-refractivity contribution in [3.8, 4) is 0 Å². The number of methoxy groups -OCH3 is 1. The lowest BCUT2D eigenvalue weighted by molar-refractivity contribution is -0.143. The molecule has 0 aromatic carbocycles. The van der Waals surface area contributed by atoms with Crippen LogP contribution in [0.4, 0.5) is 0 Å². The van der Waals surface area contributed by atoms with E-state index in [1.54, 1.807) is 0 Å². The molecule has 2 rings (SSSR count). The molecule has 19 heavy (non-hydrogen) atoms. The van der Waals surface area contributed by atoms with Gasteiger partial charge in [0.1, 0.15) is 6.04 Å². The van der Waals surface area contributed by atoms with Crippen LogP contribution >= 0.6 is 0 Å². The number of nitrogens with zero attached hydrogens (tertiary/aromatic N) is 2. The first-order chi connectivity index (χ1) is 9.17. The minimum absolute atomic E-state index is 0.206. The molecule has 1 fully saturated rings. The minimum Gasteiger partial charge on any atom is -0.468 e. The lowest BCUT2D eigenvalue weighted by atomic mass is 10.2. The highest BCUT2D eigenvalue weighted by atomic mass is 16.5.